The molecule has 0 amide bonds. The van der Waals surface area contributed by atoms with E-state index in [1.54, 1.807) is 13.8 Å². The molecule has 0 bridgehead atoms. The fraction of sp³-hybridized carbons (Fsp3) is 1.00. The van der Waals surface area contributed by atoms with Crippen LogP contribution in [0.2, 0.25) is 0 Å². The van der Waals surface area contributed by atoms with E-state index in [2.05, 4.69) is 0 Å². The summed E-state index contributed by atoms with van der Waals surface area (Å²) >= 11 is 5.58. The van der Waals surface area contributed by atoms with Gasteiger partial charge < -0.3 is 5.73 Å². The molecule has 0 spiro atoms. The maximum Gasteiger partial charge on any atom is 0.393 e. The van der Waals surface area contributed by atoms with Gasteiger partial charge in [-0.2, -0.15) is 13.2 Å². The van der Waals surface area contributed by atoms with Crippen LogP contribution in [0.25, 0.3) is 0 Å². The maximum atomic E-state index is 13.4. The summed E-state index contributed by atoms with van der Waals surface area (Å²) in [6.07, 6.45) is -6.22. The van der Waals surface area contributed by atoms with Gasteiger partial charge in [0.25, 0.3) is 0 Å². The van der Waals surface area contributed by atoms with Crippen molar-refractivity contribution < 1.29 is 17.6 Å². The summed E-state index contributed by atoms with van der Waals surface area (Å²) in [5, 5.41) is -1.57. The molecule has 0 saturated heterocycles. The standard InChI is InChI=1S/C10H16ClF4N/c1-4(2)5-3-6(16)9(12)8(11)7(5)10(13,14)15/h4-9H,3,16H2,1-2H3. The van der Waals surface area contributed by atoms with Gasteiger partial charge in [0, 0.05) is 6.04 Å². The van der Waals surface area contributed by atoms with Crippen molar-refractivity contribution in [1.29, 1.82) is 0 Å². The number of halogens is 5. The van der Waals surface area contributed by atoms with E-state index in [1.807, 2.05) is 0 Å². The van der Waals surface area contributed by atoms with Crippen LogP contribution in [0.4, 0.5) is 17.6 Å². The van der Waals surface area contributed by atoms with Gasteiger partial charge in [0.1, 0.15) is 6.17 Å². The highest BCUT2D eigenvalue weighted by atomic mass is 35.5. The molecular weight excluding hydrogens is 246 g/mol. The SMILES string of the molecule is CC(C)C1CC(N)C(F)C(Cl)C1C(F)(F)F. The van der Waals surface area contributed by atoms with Gasteiger partial charge in [0.2, 0.25) is 0 Å². The quantitative estimate of drug-likeness (QED) is 0.570. The van der Waals surface area contributed by atoms with Gasteiger partial charge in [-0.3, -0.25) is 0 Å². The molecule has 96 valence electrons. The third-order valence-electron chi connectivity index (χ3n) is 3.30. The van der Waals surface area contributed by atoms with Crippen LogP contribution < -0.4 is 5.73 Å². The van der Waals surface area contributed by atoms with E-state index in [9.17, 15) is 17.6 Å². The zero-order valence-electron chi connectivity index (χ0n) is 9.14. The lowest BCUT2D eigenvalue weighted by atomic mass is 9.70. The maximum absolute atomic E-state index is 13.4. The van der Waals surface area contributed by atoms with E-state index in [1.165, 1.54) is 0 Å². The predicted octanol–water partition coefficient (Wildman–Crippen LogP) is 3.11. The lowest BCUT2D eigenvalue weighted by Crippen LogP contribution is -2.55. The minimum absolute atomic E-state index is 0.0340. The van der Waals surface area contributed by atoms with Gasteiger partial charge in [-0.1, -0.05) is 13.8 Å². The summed E-state index contributed by atoms with van der Waals surface area (Å²) in [6.45, 7) is 3.36. The van der Waals surface area contributed by atoms with Crippen LogP contribution in [0.15, 0.2) is 0 Å². The molecule has 1 saturated carbocycles. The van der Waals surface area contributed by atoms with Gasteiger partial charge in [-0.15, -0.1) is 11.6 Å². The second-order valence-corrected chi connectivity index (χ2v) is 5.27. The van der Waals surface area contributed by atoms with Gasteiger partial charge in [0.15, 0.2) is 0 Å². The van der Waals surface area contributed by atoms with Gasteiger partial charge in [-0.25, -0.2) is 4.39 Å². The van der Waals surface area contributed by atoms with Gasteiger partial charge in [-0.05, 0) is 18.3 Å². The number of alkyl halides is 5. The van der Waals surface area contributed by atoms with E-state index >= 15 is 0 Å². The van der Waals surface area contributed by atoms with Crippen molar-refractivity contribution in [2.45, 2.75) is 44.0 Å². The van der Waals surface area contributed by atoms with Crippen LogP contribution >= 0.6 is 11.6 Å². The first-order valence-corrected chi connectivity index (χ1v) is 5.70. The molecule has 2 N–H and O–H groups in total. The summed E-state index contributed by atoms with van der Waals surface area (Å²) in [5.41, 5.74) is 5.48. The molecule has 1 fully saturated rings. The Kier molecular flexibility index (Phi) is 4.11. The summed E-state index contributed by atoms with van der Waals surface area (Å²) < 4.78 is 51.9. The second-order valence-electron chi connectivity index (χ2n) is 4.76. The molecule has 0 heterocycles. The monoisotopic (exact) mass is 261 g/mol. The van der Waals surface area contributed by atoms with Crippen molar-refractivity contribution in [3.05, 3.63) is 0 Å². The van der Waals surface area contributed by atoms with Crippen molar-refractivity contribution in [3.63, 3.8) is 0 Å². The van der Waals surface area contributed by atoms with E-state index in [-0.39, 0.29) is 12.3 Å². The largest absolute Gasteiger partial charge is 0.393 e. The number of hydrogen-bond donors (Lipinski definition) is 1. The first kappa shape index (κ1) is 14.0. The van der Waals surface area contributed by atoms with Crippen molar-refractivity contribution in [3.8, 4) is 0 Å². The van der Waals surface area contributed by atoms with Crippen LogP contribution in [0.3, 0.4) is 0 Å². The van der Waals surface area contributed by atoms with Crippen molar-refractivity contribution >= 4 is 11.6 Å². The average Bonchev–Trinajstić information content (AvgIpc) is 2.10. The lowest BCUT2D eigenvalue weighted by molar-refractivity contribution is -0.205. The van der Waals surface area contributed by atoms with Gasteiger partial charge in [0.05, 0.1) is 11.3 Å². The highest BCUT2D eigenvalue weighted by Crippen LogP contribution is 2.47. The normalized spacial score (nSPS) is 41.4. The summed E-state index contributed by atoms with van der Waals surface area (Å²) in [4.78, 5) is 0. The Morgan fingerprint density at radius 2 is 1.81 bits per heavy atom. The van der Waals surface area contributed by atoms with Crippen molar-refractivity contribution in [1.82, 2.24) is 0 Å². The minimum Gasteiger partial charge on any atom is -0.325 e. The molecule has 0 radical (unpaired) electrons. The molecule has 16 heavy (non-hydrogen) atoms. The molecule has 6 heteroatoms. The van der Waals surface area contributed by atoms with Crippen molar-refractivity contribution in [2.24, 2.45) is 23.5 Å². The van der Waals surface area contributed by atoms with E-state index in [0.717, 1.165) is 0 Å². The lowest BCUT2D eigenvalue weighted by Gasteiger charge is -2.42. The van der Waals surface area contributed by atoms with E-state index in [0.29, 0.717) is 0 Å². The first-order valence-electron chi connectivity index (χ1n) is 5.26. The minimum atomic E-state index is -4.47. The average molecular weight is 262 g/mol. The second kappa shape index (κ2) is 4.69. The Bertz CT molecular complexity index is 243. The van der Waals surface area contributed by atoms with Crippen LogP contribution in [0, 0.1) is 17.8 Å². The van der Waals surface area contributed by atoms with Gasteiger partial charge >= 0.3 is 6.18 Å². The first-order chi connectivity index (χ1) is 7.16. The fourth-order valence-electron chi connectivity index (χ4n) is 2.37. The Balaban J connectivity index is 2.98. The third-order valence-corrected chi connectivity index (χ3v) is 3.81. The van der Waals surface area contributed by atoms with E-state index < -0.39 is 35.6 Å². The molecular formula is C10H16ClF4N. The summed E-state index contributed by atoms with van der Waals surface area (Å²) in [5.74, 6) is -2.72. The Morgan fingerprint density at radius 1 is 1.31 bits per heavy atom. The third kappa shape index (κ3) is 2.62. The topological polar surface area (TPSA) is 26.0 Å². The molecule has 1 aliphatic carbocycles. The Labute approximate surface area is 97.3 Å². The highest BCUT2D eigenvalue weighted by molar-refractivity contribution is 6.21. The smallest absolute Gasteiger partial charge is 0.325 e. The molecule has 5 atom stereocenters. The summed E-state index contributed by atoms with van der Waals surface area (Å²) in [6, 6.07) is -0.895. The van der Waals surface area contributed by atoms with Crippen LogP contribution in [0.1, 0.15) is 20.3 Å². The Hall–Kier alpha value is -0.0300. The predicted molar refractivity (Wildman–Crippen MR) is 55.0 cm³/mol. The number of hydrogen-bond acceptors (Lipinski definition) is 1. The van der Waals surface area contributed by atoms with Crippen LogP contribution in [-0.4, -0.2) is 23.8 Å². The molecule has 0 aromatic heterocycles. The zero-order chi connectivity index (χ0) is 12.7. The summed E-state index contributed by atoms with van der Waals surface area (Å²) in [7, 11) is 0. The number of nitrogens with two attached hydrogens (primary N) is 1. The molecule has 1 rings (SSSR count). The van der Waals surface area contributed by atoms with Crippen LogP contribution in [0.5, 0.6) is 0 Å². The van der Waals surface area contributed by atoms with E-state index in [4.69, 9.17) is 17.3 Å². The molecule has 0 aromatic carbocycles. The van der Waals surface area contributed by atoms with Crippen molar-refractivity contribution in [2.75, 3.05) is 0 Å². The Morgan fingerprint density at radius 3 is 2.19 bits per heavy atom. The molecule has 0 aromatic rings. The molecule has 5 unspecified atom stereocenters. The molecule has 1 aliphatic rings. The molecule has 0 aliphatic heterocycles. The zero-order valence-corrected chi connectivity index (χ0v) is 9.89. The fourth-order valence-corrected chi connectivity index (χ4v) is 2.89. The number of rotatable bonds is 1. The highest BCUT2D eigenvalue weighted by Gasteiger charge is 2.55. The van der Waals surface area contributed by atoms with Crippen LogP contribution in [-0.2, 0) is 0 Å². The molecule has 1 nitrogen and oxygen atoms in total.